The molecule has 0 fully saturated rings. The predicted octanol–water partition coefficient (Wildman–Crippen LogP) is 3.47. The number of amides is 1. The van der Waals surface area contributed by atoms with Crippen molar-refractivity contribution >= 4 is 17.6 Å². The minimum Gasteiger partial charge on any atom is -0.478 e. The molecule has 3 aromatic rings. The summed E-state index contributed by atoms with van der Waals surface area (Å²) in [5.74, 6) is -1.43. The second-order valence-electron chi connectivity index (χ2n) is 5.52. The maximum absolute atomic E-state index is 12.4. The molecule has 3 rings (SSSR count). The van der Waals surface area contributed by atoms with Gasteiger partial charge >= 0.3 is 5.97 Å². The number of aromatic carboxylic acids is 1. The largest absolute Gasteiger partial charge is 0.478 e. The fraction of sp³-hybridized carbons (Fsp3) is 0.0526. The van der Waals surface area contributed by atoms with Gasteiger partial charge in [-0.25, -0.2) is 4.79 Å². The molecule has 0 aliphatic heterocycles. The molecule has 0 saturated carbocycles. The minimum absolute atomic E-state index is 0.0175. The SMILES string of the molecule is Cc1ccccc1-c1cc(C(=O)Nc2ccc(C#N)cc2C(=O)O)no1. The van der Waals surface area contributed by atoms with Crippen molar-refractivity contribution in [2.24, 2.45) is 0 Å². The summed E-state index contributed by atoms with van der Waals surface area (Å²) in [5, 5.41) is 24.4. The third-order valence-corrected chi connectivity index (χ3v) is 3.78. The van der Waals surface area contributed by atoms with Crippen molar-refractivity contribution in [2.75, 3.05) is 5.32 Å². The third kappa shape index (κ3) is 3.30. The van der Waals surface area contributed by atoms with Crippen molar-refractivity contribution in [3.63, 3.8) is 0 Å². The Morgan fingerprint density at radius 3 is 2.65 bits per heavy atom. The Bertz CT molecular complexity index is 1050. The van der Waals surface area contributed by atoms with Crippen LogP contribution in [-0.2, 0) is 0 Å². The number of anilines is 1. The van der Waals surface area contributed by atoms with Crippen molar-refractivity contribution in [1.82, 2.24) is 5.16 Å². The molecular weight excluding hydrogens is 334 g/mol. The van der Waals surface area contributed by atoms with Gasteiger partial charge in [-0.1, -0.05) is 29.4 Å². The monoisotopic (exact) mass is 347 g/mol. The zero-order valence-corrected chi connectivity index (χ0v) is 13.7. The van der Waals surface area contributed by atoms with Crippen molar-refractivity contribution in [1.29, 1.82) is 5.26 Å². The average Bonchev–Trinajstić information content (AvgIpc) is 3.12. The molecule has 2 N–H and O–H groups in total. The topological polar surface area (TPSA) is 116 Å². The molecule has 1 aromatic heterocycles. The van der Waals surface area contributed by atoms with Crippen LogP contribution in [0.15, 0.2) is 53.1 Å². The number of nitriles is 1. The van der Waals surface area contributed by atoms with Gasteiger partial charge in [0.2, 0.25) is 0 Å². The highest BCUT2D eigenvalue weighted by molar-refractivity contribution is 6.07. The number of aryl methyl sites for hydroxylation is 1. The first kappa shape index (κ1) is 16.9. The lowest BCUT2D eigenvalue weighted by molar-refractivity contribution is 0.0698. The zero-order chi connectivity index (χ0) is 18.7. The number of carboxylic acids is 1. The summed E-state index contributed by atoms with van der Waals surface area (Å²) >= 11 is 0. The molecular formula is C19H13N3O4. The molecule has 0 aliphatic carbocycles. The number of aromatic nitrogens is 1. The lowest BCUT2D eigenvalue weighted by atomic mass is 10.1. The van der Waals surface area contributed by atoms with Crippen LogP contribution in [-0.4, -0.2) is 22.1 Å². The Morgan fingerprint density at radius 1 is 1.19 bits per heavy atom. The maximum atomic E-state index is 12.4. The molecule has 0 unspecified atom stereocenters. The van der Waals surface area contributed by atoms with E-state index < -0.39 is 11.9 Å². The van der Waals surface area contributed by atoms with Gasteiger partial charge in [0.25, 0.3) is 5.91 Å². The number of carbonyl (C=O) groups excluding carboxylic acids is 1. The van der Waals surface area contributed by atoms with Crippen LogP contribution < -0.4 is 5.32 Å². The van der Waals surface area contributed by atoms with E-state index in [1.54, 1.807) is 0 Å². The van der Waals surface area contributed by atoms with Gasteiger partial charge in [0.1, 0.15) is 0 Å². The average molecular weight is 347 g/mol. The molecule has 0 saturated heterocycles. The van der Waals surface area contributed by atoms with Gasteiger partial charge in [-0.3, -0.25) is 4.79 Å². The third-order valence-electron chi connectivity index (χ3n) is 3.78. The van der Waals surface area contributed by atoms with E-state index in [1.807, 2.05) is 37.3 Å². The normalized spacial score (nSPS) is 10.2. The standard InChI is InChI=1S/C19H13N3O4/c1-11-4-2-3-5-13(11)17-9-16(22-26-17)18(23)21-15-7-6-12(10-20)8-14(15)19(24)25/h2-9H,1H3,(H,21,23)(H,24,25). The van der Waals surface area contributed by atoms with Crippen LogP contribution in [0.1, 0.15) is 32.0 Å². The van der Waals surface area contributed by atoms with Crippen molar-refractivity contribution < 1.29 is 19.2 Å². The summed E-state index contributed by atoms with van der Waals surface area (Å²) in [4.78, 5) is 23.7. The molecule has 7 nitrogen and oxygen atoms in total. The molecule has 26 heavy (non-hydrogen) atoms. The van der Waals surface area contributed by atoms with Crippen LogP contribution in [0.4, 0.5) is 5.69 Å². The second-order valence-corrected chi connectivity index (χ2v) is 5.52. The number of rotatable bonds is 4. The molecule has 1 heterocycles. The highest BCUT2D eigenvalue weighted by Gasteiger charge is 2.18. The van der Waals surface area contributed by atoms with E-state index in [0.29, 0.717) is 5.76 Å². The molecule has 7 heteroatoms. The van der Waals surface area contributed by atoms with Crippen LogP contribution in [0.5, 0.6) is 0 Å². The van der Waals surface area contributed by atoms with Gasteiger partial charge in [0, 0.05) is 11.6 Å². The molecule has 0 aliphatic rings. The Labute approximate surface area is 148 Å². The number of hydrogen-bond donors (Lipinski definition) is 2. The smallest absolute Gasteiger partial charge is 0.337 e. The number of carboxylic acid groups (broad SMARTS) is 1. The summed E-state index contributed by atoms with van der Waals surface area (Å²) in [6.07, 6.45) is 0. The highest BCUT2D eigenvalue weighted by Crippen LogP contribution is 2.24. The number of nitrogens with one attached hydrogen (secondary N) is 1. The van der Waals surface area contributed by atoms with E-state index in [9.17, 15) is 14.7 Å². The Balaban J connectivity index is 1.87. The number of carbonyl (C=O) groups is 2. The first-order valence-corrected chi connectivity index (χ1v) is 7.61. The quantitative estimate of drug-likeness (QED) is 0.746. The van der Waals surface area contributed by atoms with Crippen LogP contribution in [0.25, 0.3) is 11.3 Å². The predicted molar refractivity (Wildman–Crippen MR) is 92.7 cm³/mol. The number of nitrogens with zero attached hydrogens (tertiary/aromatic N) is 2. The number of benzene rings is 2. The molecule has 0 radical (unpaired) electrons. The first-order valence-electron chi connectivity index (χ1n) is 7.61. The van der Waals surface area contributed by atoms with Gasteiger partial charge in [-0.15, -0.1) is 0 Å². The van der Waals surface area contributed by atoms with Crippen molar-refractivity contribution in [2.45, 2.75) is 6.92 Å². The molecule has 0 atom stereocenters. The van der Waals surface area contributed by atoms with E-state index in [1.165, 1.54) is 24.3 Å². The van der Waals surface area contributed by atoms with Gasteiger partial charge in [-0.05, 0) is 30.7 Å². The molecule has 128 valence electrons. The van der Waals surface area contributed by atoms with E-state index in [2.05, 4.69) is 10.5 Å². The maximum Gasteiger partial charge on any atom is 0.337 e. The van der Waals surface area contributed by atoms with Crippen LogP contribution in [0.2, 0.25) is 0 Å². The lowest BCUT2D eigenvalue weighted by Gasteiger charge is -2.07. The van der Waals surface area contributed by atoms with Crippen LogP contribution in [0, 0.1) is 18.3 Å². The van der Waals surface area contributed by atoms with Gasteiger partial charge in [0.15, 0.2) is 11.5 Å². The first-order chi connectivity index (χ1) is 12.5. The lowest BCUT2D eigenvalue weighted by Crippen LogP contribution is -2.15. The minimum atomic E-state index is -1.25. The van der Waals surface area contributed by atoms with Gasteiger partial charge < -0.3 is 14.9 Å². The number of hydrogen-bond acceptors (Lipinski definition) is 5. The summed E-state index contributed by atoms with van der Waals surface area (Å²) in [6.45, 7) is 1.91. The van der Waals surface area contributed by atoms with E-state index in [0.717, 1.165) is 11.1 Å². The molecule has 0 spiro atoms. The fourth-order valence-electron chi connectivity index (χ4n) is 2.44. The van der Waals surface area contributed by atoms with Crippen molar-refractivity contribution in [3.8, 4) is 17.4 Å². The van der Waals surface area contributed by atoms with Crippen LogP contribution >= 0.6 is 0 Å². The summed E-state index contributed by atoms with van der Waals surface area (Å²) in [7, 11) is 0. The molecule has 2 aromatic carbocycles. The Hall–Kier alpha value is -3.92. The van der Waals surface area contributed by atoms with Crippen molar-refractivity contribution in [3.05, 3.63) is 70.9 Å². The van der Waals surface area contributed by atoms with E-state index in [-0.39, 0.29) is 22.5 Å². The Kier molecular flexibility index (Phi) is 4.50. The summed E-state index contributed by atoms with van der Waals surface area (Å²) < 4.78 is 5.23. The Morgan fingerprint density at radius 2 is 1.96 bits per heavy atom. The van der Waals surface area contributed by atoms with Gasteiger partial charge in [0.05, 0.1) is 22.9 Å². The van der Waals surface area contributed by atoms with Crippen LogP contribution in [0.3, 0.4) is 0 Å². The van der Waals surface area contributed by atoms with Gasteiger partial charge in [-0.2, -0.15) is 5.26 Å². The fourth-order valence-corrected chi connectivity index (χ4v) is 2.44. The van der Waals surface area contributed by atoms with E-state index in [4.69, 9.17) is 9.78 Å². The summed E-state index contributed by atoms with van der Waals surface area (Å²) in [5.41, 5.74) is 1.87. The molecule has 1 amide bonds. The highest BCUT2D eigenvalue weighted by atomic mass is 16.5. The van der Waals surface area contributed by atoms with E-state index >= 15 is 0 Å². The summed E-state index contributed by atoms with van der Waals surface area (Å²) in [6, 6.07) is 14.8. The second kappa shape index (κ2) is 6.91. The zero-order valence-electron chi connectivity index (χ0n) is 13.7. The molecule has 0 bridgehead atoms.